The molecule has 1 aliphatic heterocycles. The Hall–Kier alpha value is -2.04. The van der Waals surface area contributed by atoms with Crippen LogP contribution in [-0.4, -0.2) is 38.9 Å². The summed E-state index contributed by atoms with van der Waals surface area (Å²) in [5.74, 6) is 1.06. The molecule has 0 bridgehead atoms. The topological polar surface area (TPSA) is 104 Å². The van der Waals surface area contributed by atoms with Gasteiger partial charge in [0.15, 0.2) is 0 Å². The summed E-state index contributed by atoms with van der Waals surface area (Å²) in [6, 6.07) is 7.94. The van der Waals surface area contributed by atoms with Gasteiger partial charge in [-0.2, -0.15) is 0 Å². The van der Waals surface area contributed by atoms with Crippen molar-refractivity contribution in [1.82, 2.24) is 9.71 Å². The third-order valence-electron chi connectivity index (χ3n) is 5.78. The number of benzene rings is 1. The molecule has 11 heteroatoms. The number of rotatable bonds is 9. The van der Waals surface area contributed by atoms with Gasteiger partial charge in [-0.1, -0.05) is 35.9 Å². The van der Waals surface area contributed by atoms with Gasteiger partial charge in [0.2, 0.25) is 5.82 Å². The second kappa shape index (κ2) is 11.8. The van der Waals surface area contributed by atoms with Crippen LogP contribution in [-0.2, 0) is 11.4 Å². The van der Waals surface area contributed by atoms with Crippen molar-refractivity contribution in [2.24, 2.45) is 5.92 Å². The van der Waals surface area contributed by atoms with Crippen LogP contribution in [0, 0.1) is 16.0 Å². The molecule has 2 aromatic rings. The summed E-state index contributed by atoms with van der Waals surface area (Å²) in [6.45, 7) is 11.0. The highest BCUT2D eigenvalue weighted by Crippen LogP contribution is 2.41. The first-order chi connectivity index (χ1) is 16.5. The van der Waals surface area contributed by atoms with Gasteiger partial charge in [0.1, 0.15) is 17.1 Å². The van der Waals surface area contributed by atoms with Gasteiger partial charge >= 0.3 is 5.82 Å². The Morgan fingerprint density at radius 1 is 1.31 bits per heavy atom. The zero-order valence-corrected chi connectivity index (χ0v) is 22.3. The number of nitrogens with one attached hydrogen (secondary N) is 1. The van der Waals surface area contributed by atoms with E-state index in [9.17, 15) is 14.7 Å². The molecule has 0 aliphatic carbocycles. The molecule has 1 fully saturated rings. The molecule has 1 saturated heterocycles. The number of nitro groups is 1. The van der Waals surface area contributed by atoms with E-state index in [1.54, 1.807) is 30.3 Å². The van der Waals surface area contributed by atoms with Crippen molar-refractivity contribution in [3.63, 3.8) is 0 Å². The molecule has 2 unspecified atom stereocenters. The summed E-state index contributed by atoms with van der Waals surface area (Å²) in [5, 5.41) is 11.9. The summed E-state index contributed by atoms with van der Waals surface area (Å²) in [6.07, 6.45) is 3.13. The first kappa shape index (κ1) is 27.5. The lowest BCUT2D eigenvalue weighted by molar-refractivity contribution is -0.389. The normalized spacial score (nSPS) is 16.6. The predicted molar refractivity (Wildman–Crippen MR) is 142 cm³/mol. The predicted octanol–water partition coefficient (Wildman–Crippen LogP) is 5.87. The maximum Gasteiger partial charge on any atom is 0.365 e. The molecular weight excluding hydrogens is 511 g/mol. The zero-order chi connectivity index (χ0) is 25.8. The van der Waals surface area contributed by atoms with E-state index in [4.69, 9.17) is 27.9 Å². The Balaban J connectivity index is 1.89. The fourth-order valence-corrected chi connectivity index (χ4v) is 5.15. The van der Waals surface area contributed by atoms with Crippen LogP contribution in [0.5, 0.6) is 5.75 Å². The van der Waals surface area contributed by atoms with Gasteiger partial charge in [-0.25, -0.2) is 0 Å². The lowest BCUT2D eigenvalue weighted by atomic mass is 9.85. The molecule has 1 N–H and O–H groups in total. The van der Waals surface area contributed by atoms with E-state index in [0.29, 0.717) is 34.7 Å². The Morgan fingerprint density at radius 2 is 1.97 bits per heavy atom. The lowest BCUT2D eigenvalue weighted by Crippen LogP contribution is -2.46. The molecule has 0 saturated carbocycles. The Bertz CT molecular complexity index is 1060. The molecule has 0 amide bonds. The average Bonchev–Trinajstić information content (AvgIpc) is 2.82. The minimum atomic E-state index is -1.35. The average molecular weight is 542 g/mol. The van der Waals surface area contributed by atoms with Crippen molar-refractivity contribution in [3.05, 3.63) is 68.7 Å². The summed E-state index contributed by atoms with van der Waals surface area (Å²) in [4.78, 5) is 16.8. The first-order valence-electron chi connectivity index (χ1n) is 11.3. The number of hydrogen-bond acceptors (Lipinski definition) is 7. The third-order valence-corrected chi connectivity index (χ3v) is 8.08. The van der Waals surface area contributed by atoms with Crippen LogP contribution in [0.1, 0.15) is 45.2 Å². The van der Waals surface area contributed by atoms with Crippen molar-refractivity contribution >= 4 is 46.2 Å². The monoisotopic (exact) mass is 540 g/mol. The summed E-state index contributed by atoms with van der Waals surface area (Å²) < 4.78 is 21.9. The van der Waals surface area contributed by atoms with E-state index >= 15 is 0 Å². The van der Waals surface area contributed by atoms with Crippen LogP contribution in [0.25, 0.3) is 0 Å². The van der Waals surface area contributed by atoms with E-state index < -0.39 is 21.0 Å². The second-order valence-electron chi connectivity index (χ2n) is 9.32. The maximum atomic E-state index is 13.2. The quantitative estimate of drug-likeness (QED) is 0.183. The smallest absolute Gasteiger partial charge is 0.365 e. The standard InChI is InChI=1S/C24H30Cl2N4O4S/c1-5-13-34-20-15-19(26)18(25)14-17(20)23(28-35(33)24(2,3)4)16-9-11-29(12-10-16)21-7-6-8-22(27-21)30(31)32/h5-8,14-16,23,28H,1,9-13H2,2-4H3. The van der Waals surface area contributed by atoms with Crippen molar-refractivity contribution < 1.29 is 14.2 Å². The largest absolute Gasteiger partial charge is 0.598 e. The number of hydrogen-bond donors (Lipinski definition) is 1. The van der Waals surface area contributed by atoms with Gasteiger partial charge in [-0.3, -0.25) is 0 Å². The summed E-state index contributed by atoms with van der Waals surface area (Å²) in [7, 11) is 0. The second-order valence-corrected chi connectivity index (χ2v) is 12.1. The Labute approximate surface area is 219 Å². The van der Waals surface area contributed by atoms with Gasteiger partial charge in [-0.05, 0) is 61.6 Å². The van der Waals surface area contributed by atoms with E-state index in [0.717, 1.165) is 18.4 Å². The maximum absolute atomic E-state index is 13.2. The number of pyridine rings is 1. The number of halogens is 2. The van der Waals surface area contributed by atoms with Crippen LogP contribution >= 0.6 is 23.2 Å². The number of nitrogens with zero attached hydrogens (tertiary/aromatic N) is 3. The number of anilines is 1. The molecule has 1 aliphatic rings. The minimum Gasteiger partial charge on any atom is -0.598 e. The molecule has 190 valence electrons. The van der Waals surface area contributed by atoms with Gasteiger partial charge in [-0.15, -0.1) is 4.72 Å². The van der Waals surface area contributed by atoms with Gasteiger partial charge < -0.3 is 24.3 Å². The molecule has 1 aromatic heterocycles. The molecule has 2 heterocycles. The van der Waals surface area contributed by atoms with Crippen LogP contribution in [0.4, 0.5) is 11.6 Å². The highest BCUT2D eigenvalue weighted by molar-refractivity contribution is 7.90. The highest BCUT2D eigenvalue weighted by atomic mass is 35.5. The number of piperidine rings is 1. The van der Waals surface area contributed by atoms with Crippen molar-refractivity contribution in [1.29, 1.82) is 0 Å². The van der Waals surface area contributed by atoms with Gasteiger partial charge in [0, 0.05) is 48.2 Å². The number of ether oxygens (including phenoxy) is 1. The third kappa shape index (κ3) is 7.01. The lowest BCUT2D eigenvalue weighted by Gasteiger charge is -2.37. The van der Waals surface area contributed by atoms with Crippen LogP contribution in [0.15, 0.2) is 43.0 Å². The van der Waals surface area contributed by atoms with Crippen molar-refractivity contribution in [2.75, 3.05) is 24.6 Å². The molecule has 0 radical (unpaired) electrons. The first-order valence-corrected chi connectivity index (χ1v) is 13.2. The molecule has 0 spiro atoms. The summed E-state index contributed by atoms with van der Waals surface area (Å²) >= 11 is 11.3. The molecule has 3 rings (SSSR count). The minimum absolute atomic E-state index is 0.0968. The summed E-state index contributed by atoms with van der Waals surface area (Å²) in [5.41, 5.74) is 0.783. The van der Waals surface area contributed by atoms with Crippen LogP contribution < -0.4 is 14.4 Å². The number of aromatic nitrogens is 1. The molecule has 1 aromatic carbocycles. The van der Waals surface area contributed by atoms with Crippen LogP contribution in [0.3, 0.4) is 0 Å². The fourth-order valence-electron chi connectivity index (χ4n) is 3.92. The van der Waals surface area contributed by atoms with E-state index in [2.05, 4.69) is 16.3 Å². The fraction of sp³-hybridized carbons (Fsp3) is 0.458. The SMILES string of the molecule is C=CCOc1cc(Cl)c(Cl)cc1C(N[S+]([O-])C(C)(C)C)C1CCN(c2cccc([N+](=O)[O-])n2)CC1. The van der Waals surface area contributed by atoms with E-state index in [1.165, 1.54) is 6.07 Å². The van der Waals surface area contributed by atoms with Gasteiger partial charge in [0.25, 0.3) is 0 Å². The van der Waals surface area contributed by atoms with Gasteiger partial charge in [0.05, 0.1) is 16.1 Å². The Morgan fingerprint density at radius 3 is 2.57 bits per heavy atom. The Kier molecular flexibility index (Phi) is 9.28. The molecule has 8 nitrogen and oxygen atoms in total. The molecule has 2 atom stereocenters. The van der Waals surface area contributed by atoms with Crippen molar-refractivity contribution in [2.45, 2.75) is 44.4 Å². The van der Waals surface area contributed by atoms with E-state index in [1.807, 2.05) is 25.7 Å². The molecule has 35 heavy (non-hydrogen) atoms. The molecular formula is C24H30Cl2N4O4S. The van der Waals surface area contributed by atoms with Crippen molar-refractivity contribution in [3.8, 4) is 5.75 Å². The van der Waals surface area contributed by atoms with Crippen LogP contribution in [0.2, 0.25) is 10.0 Å². The van der Waals surface area contributed by atoms with E-state index in [-0.39, 0.29) is 24.4 Å². The highest BCUT2D eigenvalue weighted by Gasteiger charge is 2.37. The zero-order valence-electron chi connectivity index (χ0n) is 20.0.